The standard InChI is InChI=1S/C19H28N4O2Si/c1-7-14-12(3)15(9-16(14)26(5,6)25)23-10-20-18-13(4)21-17(8-11(2)24)22-19(18)23/h10,14-16,25H,3,7-9H2,1-2,4-6H3/t14-,15-,16-/m0/s1. The Hall–Kier alpha value is -1.86. The van der Waals surface area contributed by atoms with Crippen molar-refractivity contribution >= 4 is 25.3 Å². The lowest BCUT2D eigenvalue weighted by atomic mass is 10.00. The molecule has 2 heterocycles. The van der Waals surface area contributed by atoms with Crippen LogP contribution in [0.4, 0.5) is 0 Å². The molecule has 140 valence electrons. The second kappa shape index (κ2) is 6.70. The van der Waals surface area contributed by atoms with E-state index in [1.54, 1.807) is 13.3 Å². The number of hydrogen-bond donors (Lipinski definition) is 1. The van der Waals surface area contributed by atoms with Crippen molar-refractivity contribution in [2.45, 2.75) is 64.7 Å². The fourth-order valence-electron chi connectivity index (χ4n) is 4.33. The number of aromatic nitrogens is 4. The zero-order chi connectivity index (χ0) is 19.2. The largest absolute Gasteiger partial charge is 0.432 e. The van der Waals surface area contributed by atoms with E-state index in [0.717, 1.165) is 35.3 Å². The topological polar surface area (TPSA) is 80.9 Å². The highest BCUT2D eigenvalue weighted by atomic mass is 28.4. The third-order valence-corrected chi connectivity index (χ3v) is 8.05. The van der Waals surface area contributed by atoms with E-state index in [4.69, 9.17) is 0 Å². The molecule has 3 rings (SSSR count). The van der Waals surface area contributed by atoms with Crippen LogP contribution in [0.2, 0.25) is 18.6 Å². The van der Waals surface area contributed by atoms with Crippen LogP contribution in [0.1, 0.15) is 44.2 Å². The van der Waals surface area contributed by atoms with E-state index in [9.17, 15) is 9.59 Å². The van der Waals surface area contributed by atoms with Crippen LogP contribution in [-0.4, -0.2) is 38.4 Å². The predicted octanol–water partition coefficient (Wildman–Crippen LogP) is 3.36. The number of Topliss-reactive ketones (excluding diaryl/α,β-unsaturated/α-hetero) is 1. The Morgan fingerprint density at radius 1 is 1.42 bits per heavy atom. The first-order valence-corrected chi connectivity index (χ1v) is 12.3. The van der Waals surface area contributed by atoms with Gasteiger partial charge in [0.1, 0.15) is 17.1 Å². The molecule has 1 aliphatic rings. The molecule has 0 aromatic carbocycles. The number of rotatable bonds is 5. The van der Waals surface area contributed by atoms with Gasteiger partial charge in [-0.25, -0.2) is 15.0 Å². The summed E-state index contributed by atoms with van der Waals surface area (Å²) >= 11 is 0. The monoisotopic (exact) mass is 372 g/mol. The summed E-state index contributed by atoms with van der Waals surface area (Å²) in [5.74, 6) is 0.899. The lowest BCUT2D eigenvalue weighted by molar-refractivity contribution is -0.116. The van der Waals surface area contributed by atoms with Gasteiger partial charge >= 0.3 is 0 Å². The van der Waals surface area contributed by atoms with Gasteiger partial charge in [-0.15, -0.1) is 0 Å². The molecule has 26 heavy (non-hydrogen) atoms. The van der Waals surface area contributed by atoms with Gasteiger partial charge in [-0.2, -0.15) is 0 Å². The number of fused-ring (bicyclic) bond motifs is 1. The lowest BCUT2D eigenvalue weighted by Crippen LogP contribution is -2.34. The molecule has 0 aliphatic heterocycles. The first kappa shape index (κ1) is 18.9. The van der Waals surface area contributed by atoms with E-state index in [1.165, 1.54) is 0 Å². The summed E-state index contributed by atoms with van der Waals surface area (Å²) in [6.07, 6.45) is 3.88. The quantitative estimate of drug-likeness (QED) is 0.643. The van der Waals surface area contributed by atoms with Crippen molar-refractivity contribution in [1.29, 1.82) is 0 Å². The number of hydrogen-bond acceptors (Lipinski definition) is 5. The molecule has 0 saturated heterocycles. The fraction of sp³-hybridized carbons (Fsp3) is 0.579. The molecule has 2 aromatic heterocycles. The molecule has 1 fully saturated rings. The third kappa shape index (κ3) is 3.25. The summed E-state index contributed by atoms with van der Waals surface area (Å²) in [4.78, 5) is 35.8. The van der Waals surface area contributed by atoms with Gasteiger partial charge in [-0.1, -0.05) is 19.1 Å². The van der Waals surface area contributed by atoms with Crippen molar-refractivity contribution in [1.82, 2.24) is 19.5 Å². The molecule has 1 N–H and O–H groups in total. The Kier molecular flexibility index (Phi) is 4.87. The molecule has 0 unspecified atom stereocenters. The molecular weight excluding hydrogens is 344 g/mol. The fourth-order valence-corrected chi connectivity index (χ4v) is 6.56. The van der Waals surface area contributed by atoms with Crippen molar-refractivity contribution < 1.29 is 9.59 Å². The zero-order valence-corrected chi connectivity index (χ0v) is 17.3. The number of aryl methyl sites for hydroxylation is 1. The number of carbonyl (C=O) groups excluding carboxylic acids is 1. The van der Waals surface area contributed by atoms with E-state index >= 15 is 0 Å². The summed E-state index contributed by atoms with van der Waals surface area (Å²) < 4.78 is 2.07. The number of imidazole rings is 1. The molecule has 1 aliphatic carbocycles. The molecule has 0 radical (unpaired) electrons. The average molecular weight is 373 g/mol. The van der Waals surface area contributed by atoms with Gasteiger partial charge in [-0.05, 0) is 51.2 Å². The van der Waals surface area contributed by atoms with Gasteiger partial charge in [0.15, 0.2) is 14.0 Å². The molecule has 0 amide bonds. The van der Waals surface area contributed by atoms with E-state index < -0.39 is 8.32 Å². The Balaban J connectivity index is 2.06. The molecular formula is C19H28N4O2Si. The van der Waals surface area contributed by atoms with Gasteiger partial charge in [0.2, 0.25) is 0 Å². The third-order valence-electron chi connectivity index (χ3n) is 5.60. The van der Waals surface area contributed by atoms with Gasteiger partial charge in [0, 0.05) is 0 Å². The van der Waals surface area contributed by atoms with Crippen LogP contribution in [0.25, 0.3) is 11.2 Å². The van der Waals surface area contributed by atoms with Crippen LogP contribution in [0, 0.1) is 12.8 Å². The molecule has 0 bridgehead atoms. The summed E-state index contributed by atoms with van der Waals surface area (Å²) in [6.45, 7) is 14.0. The maximum Gasteiger partial charge on any atom is 0.186 e. The maximum absolute atomic E-state index is 11.5. The molecule has 2 aromatic rings. The number of nitrogens with zero attached hydrogens (tertiary/aromatic N) is 4. The van der Waals surface area contributed by atoms with Crippen LogP contribution in [0.15, 0.2) is 18.5 Å². The Morgan fingerprint density at radius 3 is 2.65 bits per heavy atom. The van der Waals surface area contributed by atoms with Crippen molar-refractivity contribution in [3.8, 4) is 0 Å². The van der Waals surface area contributed by atoms with Crippen molar-refractivity contribution in [2.24, 2.45) is 5.92 Å². The minimum absolute atomic E-state index is 0.0410. The lowest BCUT2D eigenvalue weighted by Gasteiger charge is -2.27. The predicted molar refractivity (Wildman–Crippen MR) is 104 cm³/mol. The minimum atomic E-state index is -2.29. The number of carbonyl (C=O) groups is 1. The summed E-state index contributed by atoms with van der Waals surface area (Å²) in [5.41, 5.74) is 3.74. The SMILES string of the molecule is C=C1[C@H](CC)[C@@H]([Si](C)(C)O)C[C@@H]1n1cnc2c(C)nc(CC(C)=O)nc21. The maximum atomic E-state index is 11.5. The first-order chi connectivity index (χ1) is 12.1. The van der Waals surface area contributed by atoms with Crippen molar-refractivity contribution in [3.05, 3.63) is 30.0 Å². The highest BCUT2D eigenvalue weighted by molar-refractivity contribution is 6.71. The second-order valence-electron chi connectivity index (χ2n) is 8.03. The van der Waals surface area contributed by atoms with E-state index in [0.29, 0.717) is 11.7 Å². The highest BCUT2D eigenvalue weighted by Gasteiger charge is 2.46. The average Bonchev–Trinajstić information content (AvgIpc) is 3.07. The van der Waals surface area contributed by atoms with Gasteiger partial charge in [-0.3, -0.25) is 4.79 Å². The smallest absolute Gasteiger partial charge is 0.186 e. The first-order valence-electron chi connectivity index (χ1n) is 9.24. The van der Waals surface area contributed by atoms with E-state index in [-0.39, 0.29) is 23.8 Å². The summed E-state index contributed by atoms with van der Waals surface area (Å²) in [7, 11) is -2.29. The zero-order valence-electron chi connectivity index (χ0n) is 16.3. The molecule has 1 saturated carbocycles. The highest BCUT2D eigenvalue weighted by Crippen LogP contribution is 2.52. The summed E-state index contributed by atoms with van der Waals surface area (Å²) in [5, 5.41) is 0. The van der Waals surface area contributed by atoms with Crippen LogP contribution < -0.4 is 0 Å². The number of ketones is 1. The summed E-state index contributed by atoms with van der Waals surface area (Å²) in [6, 6.07) is 0.0772. The van der Waals surface area contributed by atoms with Gasteiger partial charge in [0.05, 0.1) is 24.5 Å². The normalized spacial score (nSPS) is 23.8. The molecule has 3 atom stereocenters. The van der Waals surface area contributed by atoms with Crippen molar-refractivity contribution in [2.75, 3.05) is 0 Å². The Bertz CT molecular complexity index is 868. The van der Waals surface area contributed by atoms with E-state index in [2.05, 4.69) is 33.0 Å². The second-order valence-corrected chi connectivity index (χ2v) is 12.1. The minimum Gasteiger partial charge on any atom is -0.432 e. The van der Waals surface area contributed by atoms with Gasteiger partial charge in [0.25, 0.3) is 0 Å². The van der Waals surface area contributed by atoms with Crippen LogP contribution in [-0.2, 0) is 11.2 Å². The molecule has 0 spiro atoms. The van der Waals surface area contributed by atoms with Crippen LogP contribution in [0.5, 0.6) is 0 Å². The van der Waals surface area contributed by atoms with Crippen LogP contribution >= 0.6 is 0 Å². The van der Waals surface area contributed by atoms with Crippen molar-refractivity contribution in [3.63, 3.8) is 0 Å². The van der Waals surface area contributed by atoms with Gasteiger partial charge < -0.3 is 9.36 Å². The Morgan fingerprint density at radius 2 is 2.12 bits per heavy atom. The van der Waals surface area contributed by atoms with Crippen LogP contribution in [0.3, 0.4) is 0 Å². The number of allylic oxidation sites excluding steroid dienone is 1. The van der Waals surface area contributed by atoms with E-state index in [1.807, 2.05) is 20.0 Å². The Labute approximate surface area is 155 Å². The molecule has 6 nitrogen and oxygen atoms in total. The molecule has 7 heteroatoms.